The molecule has 1 aliphatic heterocycles. The maximum atomic E-state index is 5.72. The summed E-state index contributed by atoms with van der Waals surface area (Å²) in [5, 5.41) is 0. The molecule has 0 atom stereocenters. The van der Waals surface area contributed by atoms with E-state index >= 15 is 0 Å². The van der Waals surface area contributed by atoms with Crippen LogP contribution >= 0.6 is 22.9 Å². The fraction of sp³-hybridized carbons (Fsp3) is 0.765. The van der Waals surface area contributed by atoms with Gasteiger partial charge in [-0.3, -0.25) is 0 Å². The second kappa shape index (κ2) is 15.9. The van der Waals surface area contributed by atoms with Gasteiger partial charge in [0.15, 0.2) is 0 Å². The van der Waals surface area contributed by atoms with Gasteiger partial charge in [-0.05, 0) is 57.8 Å². The van der Waals surface area contributed by atoms with E-state index in [-0.39, 0.29) is 55.0 Å². The van der Waals surface area contributed by atoms with E-state index in [1.807, 2.05) is 6.07 Å². The van der Waals surface area contributed by atoms with Crippen molar-refractivity contribution in [2.45, 2.75) is 74.8 Å². The van der Waals surface area contributed by atoms with Crippen molar-refractivity contribution in [3.63, 3.8) is 0 Å². The number of thiophene rings is 1. The third-order valence-corrected chi connectivity index (χ3v) is 4.57. The van der Waals surface area contributed by atoms with Crippen molar-refractivity contribution < 1.29 is 32.7 Å². The normalized spacial score (nSPS) is 13.3. The molecular weight excluding hydrogens is 375 g/mol. The molecule has 0 N–H and O–H groups in total. The second-order valence-electron chi connectivity index (χ2n) is 5.13. The average molecular weight is 411 g/mol. The molecule has 4 heteroatoms. The van der Waals surface area contributed by atoms with Crippen molar-refractivity contribution in [1.82, 2.24) is 4.90 Å². The van der Waals surface area contributed by atoms with Gasteiger partial charge in [0.05, 0.1) is 4.34 Å². The first-order valence-electron chi connectivity index (χ1n) is 6.50. The van der Waals surface area contributed by atoms with Gasteiger partial charge in [0.25, 0.3) is 0 Å². The van der Waals surface area contributed by atoms with E-state index in [0.717, 1.165) is 10.4 Å². The van der Waals surface area contributed by atoms with Crippen LogP contribution in [-0.4, -0.2) is 24.0 Å². The first-order chi connectivity index (χ1) is 8.00. The maximum Gasteiger partial charge on any atom is 0.0931 e. The van der Waals surface area contributed by atoms with Crippen molar-refractivity contribution in [2.75, 3.05) is 13.1 Å². The summed E-state index contributed by atoms with van der Waals surface area (Å²) in [5.41, 5.74) is 0. The summed E-state index contributed by atoms with van der Waals surface area (Å²) in [6.07, 6.45) is 2.83. The fourth-order valence-electron chi connectivity index (χ4n) is 1.90. The quantitative estimate of drug-likeness (QED) is 0.511. The van der Waals surface area contributed by atoms with E-state index < -0.39 is 0 Å². The van der Waals surface area contributed by atoms with Gasteiger partial charge in [-0.2, -0.15) is 0 Å². The molecule has 0 aromatic carbocycles. The Morgan fingerprint density at radius 2 is 1.48 bits per heavy atom. The third-order valence-electron chi connectivity index (χ3n) is 3.03. The van der Waals surface area contributed by atoms with Crippen molar-refractivity contribution in [2.24, 2.45) is 0 Å². The standard InChI is InChI=1S/C7H9ClS.C7H15N.3CH4.Y/c1-5(2)6-3-4-7(8)9-6;1-7(2)8-5-3-4-6-8;;;;/h3-5H,1-2H3;7H,3-6H2,1-2H3;3*1H4;. The van der Waals surface area contributed by atoms with Gasteiger partial charge in [0.2, 0.25) is 0 Å². The van der Waals surface area contributed by atoms with E-state index in [2.05, 4.69) is 38.7 Å². The van der Waals surface area contributed by atoms with E-state index in [4.69, 9.17) is 11.6 Å². The molecule has 1 nitrogen and oxygen atoms in total. The molecule has 0 saturated carbocycles. The molecule has 1 aliphatic rings. The Morgan fingerprint density at radius 3 is 1.67 bits per heavy atom. The van der Waals surface area contributed by atoms with Gasteiger partial charge < -0.3 is 4.90 Å². The minimum Gasteiger partial charge on any atom is -0.301 e. The fourth-order valence-corrected chi connectivity index (χ4v) is 2.96. The Kier molecular flexibility index (Phi) is 22.8. The number of halogens is 1. The molecule has 1 aromatic rings. The summed E-state index contributed by atoms with van der Waals surface area (Å²) >= 11 is 7.38. The monoisotopic (exact) mass is 410 g/mol. The van der Waals surface area contributed by atoms with Crippen LogP contribution in [0.1, 0.15) is 73.6 Å². The van der Waals surface area contributed by atoms with Gasteiger partial charge in [-0.15, -0.1) is 11.3 Å². The number of hydrogen-bond acceptors (Lipinski definition) is 2. The Hall–Kier alpha value is 1.05. The van der Waals surface area contributed by atoms with Gasteiger partial charge >= 0.3 is 0 Å². The van der Waals surface area contributed by atoms with Crippen LogP contribution in [0.15, 0.2) is 12.1 Å². The van der Waals surface area contributed by atoms with Crippen LogP contribution in [0.2, 0.25) is 4.34 Å². The van der Waals surface area contributed by atoms with Crippen LogP contribution in [0.4, 0.5) is 0 Å². The van der Waals surface area contributed by atoms with Gasteiger partial charge in [-0.1, -0.05) is 47.7 Å². The largest absolute Gasteiger partial charge is 0.301 e. The molecular formula is C17H36ClNSY. The van der Waals surface area contributed by atoms with Crippen LogP contribution in [0.5, 0.6) is 0 Å². The molecule has 125 valence electrons. The van der Waals surface area contributed by atoms with E-state index in [0.29, 0.717) is 5.92 Å². The zero-order valence-corrected chi connectivity index (χ0v) is 16.4. The first-order valence-corrected chi connectivity index (χ1v) is 7.69. The van der Waals surface area contributed by atoms with Crippen LogP contribution in [-0.2, 0) is 32.7 Å². The van der Waals surface area contributed by atoms with Crippen molar-refractivity contribution in [3.8, 4) is 0 Å². The summed E-state index contributed by atoms with van der Waals surface area (Å²) in [6, 6.07) is 4.80. The number of likely N-dealkylation sites (tertiary alicyclic amines) is 1. The van der Waals surface area contributed by atoms with Crippen molar-refractivity contribution in [1.29, 1.82) is 0 Å². The van der Waals surface area contributed by atoms with Gasteiger partial charge in [0, 0.05) is 43.6 Å². The van der Waals surface area contributed by atoms with E-state index in [1.165, 1.54) is 30.8 Å². The molecule has 2 rings (SSSR count). The molecule has 0 unspecified atom stereocenters. The Labute approximate surface area is 168 Å². The Balaban J connectivity index is -0.000000116. The van der Waals surface area contributed by atoms with Crippen LogP contribution in [0, 0.1) is 0 Å². The number of hydrogen-bond donors (Lipinski definition) is 0. The average Bonchev–Trinajstić information content (AvgIpc) is 2.87. The van der Waals surface area contributed by atoms with E-state index in [9.17, 15) is 0 Å². The molecule has 21 heavy (non-hydrogen) atoms. The zero-order valence-electron chi connectivity index (χ0n) is 11.9. The smallest absolute Gasteiger partial charge is 0.0931 e. The Bertz CT molecular complexity index is 320. The minimum absolute atomic E-state index is 0. The molecule has 0 amide bonds. The Morgan fingerprint density at radius 1 is 1.00 bits per heavy atom. The summed E-state index contributed by atoms with van der Waals surface area (Å²) in [4.78, 5) is 3.89. The molecule has 2 heterocycles. The molecule has 1 fully saturated rings. The molecule has 1 saturated heterocycles. The molecule has 1 aromatic heterocycles. The van der Waals surface area contributed by atoms with Crippen LogP contribution < -0.4 is 0 Å². The molecule has 1 radical (unpaired) electrons. The summed E-state index contributed by atoms with van der Waals surface area (Å²) in [7, 11) is 0. The van der Waals surface area contributed by atoms with Crippen LogP contribution in [0.25, 0.3) is 0 Å². The van der Waals surface area contributed by atoms with E-state index in [1.54, 1.807) is 11.3 Å². The van der Waals surface area contributed by atoms with Crippen molar-refractivity contribution in [3.05, 3.63) is 21.3 Å². The molecule has 0 spiro atoms. The summed E-state index contributed by atoms with van der Waals surface area (Å²) < 4.78 is 0.888. The maximum absolute atomic E-state index is 5.72. The topological polar surface area (TPSA) is 3.24 Å². The summed E-state index contributed by atoms with van der Waals surface area (Å²) in [6.45, 7) is 11.5. The number of nitrogens with zero attached hydrogens (tertiary/aromatic N) is 1. The minimum atomic E-state index is 0. The second-order valence-corrected chi connectivity index (χ2v) is 6.88. The van der Waals surface area contributed by atoms with Gasteiger partial charge in [0.1, 0.15) is 0 Å². The molecule has 0 aliphatic carbocycles. The van der Waals surface area contributed by atoms with Crippen LogP contribution in [0.3, 0.4) is 0 Å². The van der Waals surface area contributed by atoms with Gasteiger partial charge in [-0.25, -0.2) is 0 Å². The predicted octanol–water partition coefficient (Wildman–Crippen LogP) is 6.92. The SMILES string of the molecule is C.C.C.CC(C)N1CCCC1.CC(C)c1ccc(Cl)s1.[Y]. The van der Waals surface area contributed by atoms with Crippen molar-refractivity contribution >= 4 is 22.9 Å². The molecule has 0 bridgehead atoms. The number of rotatable bonds is 2. The third kappa shape index (κ3) is 12.2. The summed E-state index contributed by atoms with van der Waals surface area (Å²) in [5.74, 6) is 0.613. The zero-order chi connectivity index (χ0) is 12.8. The first kappa shape index (κ1) is 30.0. The predicted molar refractivity (Wildman–Crippen MR) is 99.6 cm³/mol.